The zero-order valence-electron chi connectivity index (χ0n) is 9.54. The number of rotatable bonds is 2. The average Bonchev–Trinajstić information content (AvgIpc) is 2.27. The highest BCUT2D eigenvalue weighted by atomic mass is 16.4. The van der Waals surface area contributed by atoms with E-state index in [0.29, 0.717) is 11.4 Å². The molecule has 0 saturated heterocycles. The highest BCUT2D eigenvalue weighted by Crippen LogP contribution is 2.30. The van der Waals surface area contributed by atoms with Gasteiger partial charge in [0, 0.05) is 19.2 Å². The number of aryl methyl sites for hydroxylation is 1. The minimum absolute atomic E-state index is 0.204. The Bertz CT molecular complexity index is 483. The minimum atomic E-state index is -0.983. The van der Waals surface area contributed by atoms with E-state index in [9.17, 15) is 9.59 Å². The predicted octanol–water partition coefficient (Wildman–Crippen LogP) is 1.70. The molecule has 0 bridgehead atoms. The van der Waals surface area contributed by atoms with Gasteiger partial charge in [0.05, 0.1) is 11.3 Å². The van der Waals surface area contributed by atoms with Crippen LogP contribution in [0.1, 0.15) is 29.3 Å². The molecule has 0 aromatic heterocycles. The molecule has 5 heteroatoms. The maximum absolute atomic E-state index is 11.2. The summed E-state index contributed by atoms with van der Waals surface area (Å²) in [6, 6.07) is 3.32. The van der Waals surface area contributed by atoms with Crippen LogP contribution in [0, 0.1) is 0 Å². The molecule has 1 amide bonds. The highest BCUT2D eigenvalue weighted by Gasteiger charge is 2.18. The van der Waals surface area contributed by atoms with E-state index in [1.165, 1.54) is 13.0 Å². The Balaban J connectivity index is 2.48. The van der Waals surface area contributed by atoms with Crippen molar-refractivity contribution in [2.75, 3.05) is 17.2 Å². The largest absolute Gasteiger partial charge is 0.478 e. The molecule has 0 fully saturated rings. The van der Waals surface area contributed by atoms with Gasteiger partial charge in [0.15, 0.2) is 0 Å². The summed E-state index contributed by atoms with van der Waals surface area (Å²) in [5.74, 6) is -1.19. The second-order valence-electron chi connectivity index (χ2n) is 4.07. The molecule has 1 aromatic rings. The van der Waals surface area contributed by atoms with Crippen molar-refractivity contribution >= 4 is 23.3 Å². The summed E-state index contributed by atoms with van der Waals surface area (Å²) in [6.45, 7) is 2.19. The van der Waals surface area contributed by atoms with Crippen LogP contribution in [0.25, 0.3) is 0 Å². The maximum Gasteiger partial charge on any atom is 0.337 e. The molecule has 0 aliphatic carbocycles. The first-order valence-electron chi connectivity index (χ1n) is 5.49. The van der Waals surface area contributed by atoms with E-state index >= 15 is 0 Å². The van der Waals surface area contributed by atoms with Crippen molar-refractivity contribution in [3.63, 3.8) is 0 Å². The van der Waals surface area contributed by atoms with Gasteiger partial charge >= 0.3 is 5.97 Å². The summed E-state index contributed by atoms with van der Waals surface area (Å²) in [5, 5.41) is 14.9. The summed E-state index contributed by atoms with van der Waals surface area (Å²) in [6.07, 6.45) is 1.80. The normalized spacial score (nSPS) is 13.5. The van der Waals surface area contributed by atoms with Crippen molar-refractivity contribution in [1.29, 1.82) is 0 Å². The average molecular weight is 234 g/mol. The lowest BCUT2D eigenvalue weighted by atomic mass is 9.98. The Kier molecular flexibility index (Phi) is 2.99. The summed E-state index contributed by atoms with van der Waals surface area (Å²) in [4.78, 5) is 22.1. The van der Waals surface area contributed by atoms with Gasteiger partial charge in [-0.3, -0.25) is 4.79 Å². The molecule has 1 aliphatic rings. The lowest BCUT2D eigenvalue weighted by molar-refractivity contribution is -0.114. The van der Waals surface area contributed by atoms with Crippen LogP contribution in [0.5, 0.6) is 0 Å². The summed E-state index contributed by atoms with van der Waals surface area (Å²) >= 11 is 0. The van der Waals surface area contributed by atoms with Crippen molar-refractivity contribution in [3.05, 3.63) is 23.3 Å². The van der Waals surface area contributed by atoms with Crippen LogP contribution in [0.3, 0.4) is 0 Å². The smallest absolute Gasteiger partial charge is 0.337 e. The Morgan fingerprint density at radius 2 is 2.18 bits per heavy atom. The van der Waals surface area contributed by atoms with E-state index in [-0.39, 0.29) is 11.5 Å². The number of benzene rings is 1. The molecule has 3 N–H and O–H groups in total. The van der Waals surface area contributed by atoms with Gasteiger partial charge in [-0.2, -0.15) is 0 Å². The van der Waals surface area contributed by atoms with Gasteiger partial charge in [0.2, 0.25) is 5.91 Å². The quantitative estimate of drug-likeness (QED) is 0.727. The molecular formula is C12H14N2O3. The maximum atomic E-state index is 11.2. The number of amides is 1. The zero-order chi connectivity index (χ0) is 12.4. The standard InChI is InChI=1S/C12H14N2O3/c1-7(15)14-9-5-8-3-2-4-13-11(8)10(6-9)12(16)17/h5-6,13H,2-4H2,1H3,(H,14,15)(H,16,17). The van der Waals surface area contributed by atoms with E-state index in [1.54, 1.807) is 0 Å². The molecule has 0 spiro atoms. The summed E-state index contributed by atoms with van der Waals surface area (Å²) in [7, 11) is 0. The number of carboxylic acid groups (broad SMARTS) is 1. The number of nitrogens with one attached hydrogen (secondary N) is 2. The van der Waals surface area contributed by atoms with Gasteiger partial charge in [-0.15, -0.1) is 0 Å². The molecule has 0 unspecified atom stereocenters. The van der Waals surface area contributed by atoms with E-state index in [1.807, 2.05) is 6.07 Å². The van der Waals surface area contributed by atoms with Crippen LogP contribution >= 0.6 is 0 Å². The van der Waals surface area contributed by atoms with E-state index in [2.05, 4.69) is 10.6 Å². The molecule has 90 valence electrons. The number of aromatic carboxylic acids is 1. The molecule has 1 heterocycles. The van der Waals surface area contributed by atoms with Crippen molar-refractivity contribution in [1.82, 2.24) is 0 Å². The van der Waals surface area contributed by atoms with Gasteiger partial charge in [-0.25, -0.2) is 4.79 Å². The van der Waals surface area contributed by atoms with Gasteiger partial charge in [0.25, 0.3) is 0 Å². The molecule has 0 saturated carbocycles. The Hall–Kier alpha value is -2.04. The minimum Gasteiger partial charge on any atom is -0.478 e. The Morgan fingerprint density at radius 3 is 2.82 bits per heavy atom. The molecule has 0 atom stereocenters. The third kappa shape index (κ3) is 2.38. The van der Waals surface area contributed by atoms with E-state index < -0.39 is 5.97 Å². The van der Waals surface area contributed by atoms with Crippen LogP contribution in [-0.2, 0) is 11.2 Å². The van der Waals surface area contributed by atoms with Crippen LogP contribution < -0.4 is 10.6 Å². The number of anilines is 2. The number of hydrogen-bond acceptors (Lipinski definition) is 3. The van der Waals surface area contributed by atoms with Gasteiger partial charge in [-0.1, -0.05) is 0 Å². The first-order chi connectivity index (χ1) is 8.08. The molecule has 17 heavy (non-hydrogen) atoms. The van der Waals surface area contributed by atoms with Crippen molar-refractivity contribution < 1.29 is 14.7 Å². The molecular weight excluding hydrogens is 220 g/mol. The fourth-order valence-electron chi connectivity index (χ4n) is 2.04. The summed E-state index contributed by atoms with van der Waals surface area (Å²) in [5.41, 5.74) is 2.38. The first kappa shape index (κ1) is 11.4. The lowest BCUT2D eigenvalue weighted by Crippen LogP contribution is -2.17. The Morgan fingerprint density at radius 1 is 1.41 bits per heavy atom. The first-order valence-corrected chi connectivity index (χ1v) is 5.49. The zero-order valence-corrected chi connectivity index (χ0v) is 9.54. The van der Waals surface area contributed by atoms with Gasteiger partial charge < -0.3 is 15.7 Å². The molecule has 5 nitrogen and oxygen atoms in total. The highest BCUT2D eigenvalue weighted by molar-refractivity contribution is 5.98. The SMILES string of the molecule is CC(=O)Nc1cc2c(c(C(=O)O)c1)NCCC2. The lowest BCUT2D eigenvalue weighted by Gasteiger charge is -2.21. The third-order valence-electron chi connectivity index (χ3n) is 2.70. The van der Waals surface area contributed by atoms with Gasteiger partial charge in [0.1, 0.15) is 0 Å². The van der Waals surface area contributed by atoms with Crippen LogP contribution in [0.15, 0.2) is 12.1 Å². The number of carboxylic acids is 1. The van der Waals surface area contributed by atoms with Gasteiger partial charge in [-0.05, 0) is 30.5 Å². The van der Waals surface area contributed by atoms with Crippen LogP contribution in [-0.4, -0.2) is 23.5 Å². The van der Waals surface area contributed by atoms with Crippen LogP contribution in [0.4, 0.5) is 11.4 Å². The van der Waals surface area contributed by atoms with Crippen molar-refractivity contribution in [2.45, 2.75) is 19.8 Å². The second kappa shape index (κ2) is 4.45. The molecule has 2 rings (SSSR count). The van der Waals surface area contributed by atoms with E-state index in [0.717, 1.165) is 24.9 Å². The number of carbonyl (C=O) groups is 2. The topological polar surface area (TPSA) is 78.4 Å². The summed E-state index contributed by atoms with van der Waals surface area (Å²) < 4.78 is 0. The number of carbonyl (C=O) groups excluding carboxylic acids is 1. The van der Waals surface area contributed by atoms with Crippen LogP contribution in [0.2, 0.25) is 0 Å². The Labute approximate surface area is 98.8 Å². The fourth-order valence-corrected chi connectivity index (χ4v) is 2.04. The fraction of sp³-hybridized carbons (Fsp3) is 0.333. The molecule has 1 aromatic carbocycles. The van der Waals surface area contributed by atoms with Crippen molar-refractivity contribution in [3.8, 4) is 0 Å². The molecule has 1 aliphatic heterocycles. The monoisotopic (exact) mass is 234 g/mol. The predicted molar refractivity (Wildman–Crippen MR) is 64.5 cm³/mol. The number of fused-ring (bicyclic) bond motifs is 1. The van der Waals surface area contributed by atoms with Crippen molar-refractivity contribution in [2.24, 2.45) is 0 Å². The molecule has 0 radical (unpaired) electrons. The van der Waals surface area contributed by atoms with E-state index in [4.69, 9.17) is 5.11 Å². The second-order valence-corrected chi connectivity index (χ2v) is 4.07. The third-order valence-corrected chi connectivity index (χ3v) is 2.70. The number of hydrogen-bond donors (Lipinski definition) is 3.